The van der Waals surface area contributed by atoms with Gasteiger partial charge in [0.05, 0.1) is 21.3 Å². The molecular weight excluding hydrogens is 424 g/mol. The number of pyridine rings is 1. The highest BCUT2D eigenvalue weighted by atomic mass is 32.2. The molecule has 0 radical (unpaired) electrons. The predicted molar refractivity (Wildman–Crippen MR) is 123 cm³/mol. The molecule has 0 aliphatic carbocycles. The van der Waals surface area contributed by atoms with Crippen molar-refractivity contribution in [3.05, 3.63) is 70.4 Å². The van der Waals surface area contributed by atoms with Gasteiger partial charge in [-0.1, -0.05) is 48.2 Å². The Kier molecular flexibility index (Phi) is 5.61. The van der Waals surface area contributed by atoms with Crippen molar-refractivity contribution >= 4 is 35.5 Å². The maximum atomic E-state index is 13.0. The molecule has 3 aromatic rings. The lowest BCUT2D eigenvalue weighted by atomic mass is 10.1. The van der Waals surface area contributed by atoms with E-state index in [-0.39, 0.29) is 24.6 Å². The topological polar surface area (TPSA) is 75.9 Å². The number of carbonyl (C=O) groups is 2. The summed E-state index contributed by atoms with van der Waals surface area (Å²) in [5.74, 6) is -0.0797. The number of imidazole rings is 1. The SMILES string of the molecule is Cc1nc2cccc3n2c1C=C(C(=O)NC1CCN(C(=O)OCc2ccccc2)CC1)S3. The van der Waals surface area contributed by atoms with E-state index in [0.717, 1.165) is 27.6 Å². The number of rotatable bonds is 4. The third kappa shape index (κ3) is 4.10. The quantitative estimate of drug-likeness (QED) is 0.653. The van der Waals surface area contributed by atoms with Crippen LogP contribution in [0.5, 0.6) is 0 Å². The molecule has 0 bridgehead atoms. The maximum absolute atomic E-state index is 13.0. The highest BCUT2D eigenvalue weighted by Gasteiger charge is 2.27. The van der Waals surface area contributed by atoms with Gasteiger partial charge in [0.25, 0.3) is 5.91 Å². The number of piperidine rings is 1. The molecule has 0 spiro atoms. The lowest BCUT2D eigenvalue weighted by Gasteiger charge is -2.32. The first-order valence-corrected chi connectivity index (χ1v) is 11.5. The number of hydrogen-bond acceptors (Lipinski definition) is 5. The third-order valence-electron chi connectivity index (χ3n) is 5.83. The number of hydrogen-bond donors (Lipinski definition) is 1. The Morgan fingerprint density at radius 1 is 1.12 bits per heavy atom. The number of benzene rings is 1. The van der Waals surface area contributed by atoms with Crippen molar-refractivity contribution < 1.29 is 14.3 Å². The number of ether oxygens (including phenoxy) is 1. The van der Waals surface area contributed by atoms with Gasteiger partial charge in [0, 0.05) is 19.1 Å². The number of aromatic nitrogens is 2. The molecule has 1 saturated heterocycles. The van der Waals surface area contributed by atoms with Crippen molar-refractivity contribution in [3.8, 4) is 0 Å². The first-order chi connectivity index (χ1) is 15.6. The Morgan fingerprint density at radius 2 is 1.91 bits per heavy atom. The summed E-state index contributed by atoms with van der Waals surface area (Å²) in [5, 5.41) is 4.13. The fourth-order valence-electron chi connectivity index (χ4n) is 4.10. The van der Waals surface area contributed by atoms with Gasteiger partial charge >= 0.3 is 6.09 Å². The molecule has 1 N–H and O–H groups in total. The van der Waals surface area contributed by atoms with Crippen LogP contribution < -0.4 is 5.32 Å². The van der Waals surface area contributed by atoms with Crippen LogP contribution in [0.4, 0.5) is 4.79 Å². The van der Waals surface area contributed by atoms with Crippen LogP contribution in [0.25, 0.3) is 11.7 Å². The second-order valence-corrected chi connectivity index (χ2v) is 9.09. The number of aryl methyl sites for hydroxylation is 1. The summed E-state index contributed by atoms with van der Waals surface area (Å²) < 4.78 is 7.50. The van der Waals surface area contributed by atoms with E-state index in [0.29, 0.717) is 30.8 Å². The summed E-state index contributed by atoms with van der Waals surface area (Å²) >= 11 is 1.46. The summed E-state index contributed by atoms with van der Waals surface area (Å²) in [6.07, 6.45) is 3.02. The monoisotopic (exact) mass is 448 g/mol. The Labute approximate surface area is 190 Å². The van der Waals surface area contributed by atoms with E-state index in [1.54, 1.807) is 4.90 Å². The zero-order valence-corrected chi connectivity index (χ0v) is 18.6. The van der Waals surface area contributed by atoms with Crippen LogP contribution in [0.1, 0.15) is 29.8 Å². The predicted octanol–water partition coefficient (Wildman–Crippen LogP) is 4.01. The summed E-state index contributed by atoms with van der Waals surface area (Å²) in [6, 6.07) is 15.6. The summed E-state index contributed by atoms with van der Waals surface area (Å²) in [4.78, 5) is 32.3. The molecule has 2 aliphatic heterocycles. The van der Waals surface area contributed by atoms with Gasteiger partial charge in [-0.2, -0.15) is 0 Å². The van der Waals surface area contributed by atoms with Crippen molar-refractivity contribution in [3.63, 3.8) is 0 Å². The number of likely N-dealkylation sites (tertiary alicyclic amines) is 1. The minimum absolute atomic E-state index is 0.0332. The zero-order valence-electron chi connectivity index (χ0n) is 17.8. The van der Waals surface area contributed by atoms with E-state index < -0.39 is 0 Å². The number of amides is 2. The molecule has 5 rings (SSSR count). The average molecular weight is 449 g/mol. The maximum Gasteiger partial charge on any atom is 0.410 e. The molecule has 2 amide bonds. The molecule has 164 valence electrons. The van der Waals surface area contributed by atoms with E-state index in [1.165, 1.54) is 11.8 Å². The van der Waals surface area contributed by atoms with E-state index >= 15 is 0 Å². The molecule has 7 nitrogen and oxygen atoms in total. The zero-order chi connectivity index (χ0) is 22.1. The van der Waals surface area contributed by atoms with Crippen LogP contribution in [-0.2, 0) is 16.1 Å². The van der Waals surface area contributed by atoms with Crippen molar-refractivity contribution in [1.29, 1.82) is 0 Å². The van der Waals surface area contributed by atoms with E-state index in [4.69, 9.17) is 4.74 Å². The van der Waals surface area contributed by atoms with E-state index in [1.807, 2.05) is 61.5 Å². The largest absolute Gasteiger partial charge is 0.445 e. The normalized spacial score (nSPS) is 16.0. The van der Waals surface area contributed by atoms with Crippen LogP contribution >= 0.6 is 11.8 Å². The van der Waals surface area contributed by atoms with Crippen molar-refractivity contribution in [2.45, 2.75) is 37.4 Å². The van der Waals surface area contributed by atoms with Gasteiger partial charge in [-0.25, -0.2) is 9.78 Å². The lowest BCUT2D eigenvalue weighted by molar-refractivity contribution is -0.117. The van der Waals surface area contributed by atoms with Crippen LogP contribution in [0, 0.1) is 6.92 Å². The van der Waals surface area contributed by atoms with Gasteiger partial charge in [0.15, 0.2) is 0 Å². The number of carbonyl (C=O) groups excluding carboxylic acids is 2. The highest BCUT2D eigenvalue weighted by Crippen LogP contribution is 2.35. The molecule has 8 heteroatoms. The molecule has 2 aliphatic rings. The third-order valence-corrected chi connectivity index (χ3v) is 6.88. The molecule has 1 aromatic carbocycles. The average Bonchev–Trinajstić information content (AvgIpc) is 3.15. The fraction of sp³-hybridized carbons (Fsp3) is 0.292. The molecule has 32 heavy (non-hydrogen) atoms. The number of nitrogens with zero attached hydrogens (tertiary/aromatic N) is 3. The second kappa shape index (κ2) is 8.70. The minimum Gasteiger partial charge on any atom is -0.445 e. The molecule has 4 heterocycles. The van der Waals surface area contributed by atoms with Crippen LogP contribution in [0.2, 0.25) is 0 Å². The Hall–Kier alpha value is -3.26. The van der Waals surface area contributed by atoms with Gasteiger partial charge in [0.1, 0.15) is 12.3 Å². The van der Waals surface area contributed by atoms with Crippen LogP contribution in [-0.4, -0.2) is 45.4 Å². The fourth-order valence-corrected chi connectivity index (χ4v) is 5.08. The summed E-state index contributed by atoms with van der Waals surface area (Å²) in [6.45, 7) is 3.36. The Balaban J connectivity index is 1.16. The first kappa shape index (κ1) is 20.6. The molecule has 1 fully saturated rings. The van der Waals surface area contributed by atoms with Crippen molar-refractivity contribution in [2.24, 2.45) is 0 Å². The first-order valence-electron chi connectivity index (χ1n) is 10.7. The van der Waals surface area contributed by atoms with Crippen molar-refractivity contribution in [2.75, 3.05) is 13.1 Å². The molecular formula is C24H24N4O3S. The highest BCUT2D eigenvalue weighted by molar-refractivity contribution is 8.04. The molecule has 2 aromatic heterocycles. The van der Waals surface area contributed by atoms with Crippen LogP contribution in [0.3, 0.4) is 0 Å². The summed E-state index contributed by atoms with van der Waals surface area (Å²) in [7, 11) is 0. The van der Waals surface area contributed by atoms with Gasteiger partial charge in [0.2, 0.25) is 0 Å². The number of nitrogens with one attached hydrogen (secondary N) is 1. The van der Waals surface area contributed by atoms with Gasteiger partial charge in [-0.05, 0) is 43.5 Å². The Morgan fingerprint density at radius 3 is 2.69 bits per heavy atom. The smallest absolute Gasteiger partial charge is 0.410 e. The minimum atomic E-state index is -0.305. The standard InChI is InChI=1S/C24H24N4O3S/c1-16-19-14-20(32-22-9-5-8-21(25-16)28(19)22)23(29)26-18-10-12-27(13-11-18)24(30)31-15-17-6-3-2-4-7-17/h2-9,14,18H,10-13,15H2,1H3,(H,26,29). The van der Waals surface area contributed by atoms with Gasteiger partial charge in [-0.3, -0.25) is 9.20 Å². The molecule has 0 unspecified atom stereocenters. The molecule has 0 saturated carbocycles. The summed E-state index contributed by atoms with van der Waals surface area (Å²) in [5.41, 5.74) is 3.72. The lowest BCUT2D eigenvalue weighted by Crippen LogP contribution is -2.46. The van der Waals surface area contributed by atoms with E-state index in [2.05, 4.69) is 14.7 Å². The van der Waals surface area contributed by atoms with Gasteiger partial charge < -0.3 is 15.0 Å². The second-order valence-electron chi connectivity index (χ2n) is 8.03. The molecule has 0 atom stereocenters. The number of thioether (sulfide) groups is 1. The Bertz CT molecular complexity index is 1200. The van der Waals surface area contributed by atoms with Crippen LogP contribution in [0.15, 0.2) is 58.5 Å². The van der Waals surface area contributed by atoms with Crippen molar-refractivity contribution in [1.82, 2.24) is 19.6 Å². The van der Waals surface area contributed by atoms with E-state index in [9.17, 15) is 9.59 Å². The van der Waals surface area contributed by atoms with Gasteiger partial charge in [-0.15, -0.1) is 0 Å².